The molecule has 2 rings (SSSR count). The first-order valence-electron chi connectivity index (χ1n) is 4.49. The van der Waals surface area contributed by atoms with E-state index >= 15 is 0 Å². The second kappa shape index (κ2) is 3.41. The first-order valence-corrected chi connectivity index (χ1v) is 4.90. The van der Waals surface area contributed by atoms with Crippen LogP contribution in [0.25, 0.3) is 0 Å². The van der Waals surface area contributed by atoms with Crippen molar-refractivity contribution in [2.24, 2.45) is 0 Å². The molecule has 13 heavy (non-hydrogen) atoms. The van der Waals surface area contributed by atoms with Crippen LogP contribution in [0, 0.1) is 4.77 Å². The second-order valence-corrected chi connectivity index (χ2v) is 3.75. The molecule has 3 N–H and O–H groups in total. The maximum atomic E-state index is 5.55. The molecule has 1 fully saturated rings. The van der Waals surface area contributed by atoms with Gasteiger partial charge in [0.2, 0.25) is 10.7 Å². The Morgan fingerprint density at radius 1 is 1.31 bits per heavy atom. The summed E-state index contributed by atoms with van der Waals surface area (Å²) in [6.45, 7) is 0. The summed E-state index contributed by atoms with van der Waals surface area (Å²) < 4.78 is 0.346. The molecule has 1 aromatic heterocycles. The molecule has 4 nitrogen and oxygen atoms in total. The molecule has 0 spiro atoms. The lowest BCUT2D eigenvalue weighted by Gasteiger charge is -2.07. The first-order chi connectivity index (χ1) is 6.25. The fourth-order valence-corrected chi connectivity index (χ4v) is 2.01. The Labute approximate surface area is 81.6 Å². The normalized spacial score (nSPS) is 17.8. The molecule has 0 amide bonds. The summed E-state index contributed by atoms with van der Waals surface area (Å²) in [6, 6.07) is 0. The molecule has 70 valence electrons. The first kappa shape index (κ1) is 8.62. The van der Waals surface area contributed by atoms with Crippen molar-refractivity contribution in [3.05, 3.63) is 10.6 Å². The van der Waals surface area contributed by atoms with Crippen molar-refractivity contribution in [2.75, 3.05) is 5.73 Å². The molecule has 1 saturated carbocycles. The van der Waals surface area contributed by atoms with Crippen molar-refractivity contribution in [3.63, 3.8) is 0 Å². The number of nitrogens with zero attached hydrogens (tertiary/aromatic N) is 2. The van der Waals surface area contributed by atoms with Gasteiger partial charge in [0, 0.05) is 5.92 Å². The number of nitrogen functional groups attached to an aromatic ring is 1. The summed E-state index contributed by atoms with van der Waals surface area (Å²) >= 11 is 4.90. The number of aromatic nitrogens is 3. The summed E-state index contributed by atoms with van der Waals surface area (Å²) in [5.41, 5.74) is 5.55. The van der Waals surface area contributed by atoms with Gasteiger partial charge in [-0.2, -0.15) is 4.98 Å². The minimum Gasteiger partial charge on any atom is -0.369 e. The Morgan fingerprint density at radius 3 is 2.62 bits per heavy atom. The number of aromatic amines is 1. The summed E-state index contributed by atoms with van der Waals surface area (Å²) in [5.74, 6) is 1.80. The number of H-pyrrole nitrogens is 1. The maximum Gasteiger partial charge on any atom is 0.224 e. The van der Waals surface area contributed by atoms with Gasteiger partial charge in [-0.15, -0.1) is 0 Å². The third-order valence-electron chi connectivity index (χ3n) is 2.43. The number of nitrogens with one attached hydrogen (secondary N) is 1. The van der Waals surface area contributed by atoms with Crippen LogP contribution in [0.4, 0.5) is 5.95 Å². The van der Waals surface area contributed by atoms with Crippen LogP contribution in [0.1, 0.15) is 37.4 Å². The van der Waals surface area contributed by atoms with Gasteiger partial charge in [0.25, 0.3) is 0 Å². The predicted octanol–water partition coefficient (Wildman–Crippen LogP) is 1.77. The Hall–Kier alpha value is -0.970. The molecule has 0 bridgehead atoms. The van der Waals surface area contributed by atoms with Crippen LogP contribution >= 0.6 is 12.2 Å². The van der Waals surface area contributed by atoms with Crippen LogP contribution in [-0.2, 0) is 0 Å². The highest BCUT2D eigenvalue weighted by Gasteiger charge is 2.19. The summed E-state index contributed by atoms with van der Waals surface area (Å²) in [5, 5.41) is 0. The van der Waals surface area contributed by atoms with Crippen molar-refractivity contribution in [3.8, 4) is 0 Å². The Kier molecular flexibility index (Phi) is 2.26. The van der Waals surface area contributed by atoms with Gasteiger partial charge in [0.1, 0.15) is 5.82 Å². The summed E-state index contributed by atoms with van der Waals surface area (Å²) in [7, 11) is 0. The average molecular weight is 196 g/mol. The maximum absolute atomic E-state index is 5.55. The van der Waals surface area contributed by atoms with E-state index in [9.17, 15) is 0 Å². The highest BCUT2D eigenvalue weighted by Crippen LogP contribution is 2.31. The molecule has 0 atom stereocenters. The molecular formula is C8H12N4S. The van der Waals surface area contributed by atoms with Crippen LogP contribution < -0.4 is 5.73 Å². The molecule has 1 aromatic rings. The van der Waals surface area contributed by atoms with Gasteiger partial charge >= 0.3 is 0 Å². The molecule has 1 aliphatic rings. The zero-order valence-corrected chi connectivity index (χ0v) is 8.10. The number of anilines is 1. The zero-order chi connectivity index (χ0) is 9.26. The van der Waals surface area contributed by atoms with E-state index in [1.165, 1.54) is 25.7 Å². The van der Waals surface area contributed by atoms with E-state index in [2.05, 4.69) is 15.0 Å². The minimum atomic E-state index is 0.346. The van der Waals surface area contributed by atoms with Crippen molar-refractivity contribution >= 4 is 18.2 Å². The van der Waals surface area contributed by atoms with E-state index in [0.29, 0.717) is 16.6 Å². The van der Waals surface area contributed by atoms with Gasteiger partial charge < -0.3 is 10.7 Å². The van der Waals surface area contributed by atoms with Gasteiger partial charge in [-0.05, 0) is 25.1 Å². The van der Waals surface area contributed by atoms with Gasteiger partial charge in [0.05, 0.1) is 0 Å². The van der Waals surface area contributed by atoms with E-state index in [1.807, 2.05) is 0 Å². The molecule has 0 saturated heterocycles. The van der Waals surface area contributed by atoms with Gasteiger partial charge in [0.15, 0.2) is 0 Å². The molecule has 0 radical (unpaired) electrons. The second-order valence-electron chi connectivity index (χ2n) is 3.38. The van der Waals surface area contributed by atoms with Gasteiger partial charge in [-0.3, -0.25) is 0 Å². The van der Waals surface area contributed by atoms with Gasteiger partial charge in [-0.1, -0.05) is 12.8 Å². The molecule has 1 heterocycles. The van der Waals surface area contributed by atoms with Crippen LogP contribution in [-0.4, -0.2) is 15.0 Å². The standard InChI is InChI=1S/C8H12N4S/c9-7-10-6(11-8(13)12-7)5-3-1-2-4-5/h5H,1-4H2,(H3,9,10,11,12,13). The smallest absolute Gasteiger partial charge is 0.224 e. The Morgan fingerprint density at radius 2 is 2.00 bits per heavy atom. The van der Waals surface area contributed by atoms with Crippen molar-refractivity contribution in [2.45, 2.75) is 31.6 Å². The molecule has 1 aliphatic carbocycles. The molecule has 5 heteroatoms. The lowest BCUT2D eigenvalue weighted by molar-refractivity contribution is 0.661. The molecule has 0 aromatic carbocycles. The molecular weight excluding hydrogens is 184 g/mol. The summed E-state index contributed by atoms with van der Waals surface area (Å²) in [4.78, 5) is 11.0. The highest BCUT2D eigenvalue weighted by molar-refractivity contribution is 7.71. The van der Waals surface area contributed by atoms with Crippen molar-refractivity contribution in [1.82, 2.24) is 15.0 Å². The van der Waals surface area contributed by atoms with E-state index in [1.54, 1.807) is 0 Å². The Bertz CT molecular complexity index is 353. The largest absolute Gasteiger partial charge is 0.369 e. The van der Waals surface area contributed by atoms with E-state index in [-0.39, 0.29) is 0 Å². The lowest BCUT2D eigenvalue weighted by Crippen LogP contribution is -2.05. The molecule has 0 aliphatic heterocycles. The average Bonchev–Trinajstić information content (AvgIpc) is 2.53. The highest BCUT2D eigenvalue weighted by atomic mass is 32.1. The monoisotopic (exact) mass is 196 g/mol. The fraction of sp³-hybridized carbons (Fsp3) is 0.625. The van der Waals surface area contributed by atoms with Crippen LogP contribution in [0.5, 0.6) is 0 Å². The van der Waals surface area contributed by atoms with E-state index in [0.717, 1.165) is 5.82 Å². The quantitative estimate of drug-likeness (QED) is 0.672. The SMILES string of the molecule is Nc1nc(=S)nc(C2CCCC2)[nH]1. The third kappa shape index (κ3) is 1.85. The van der Waals surface area contributed by atoms with Crippen LogP contribution in [0.2, 0.25) is 0 Å². The van der Waals surface area contributed by atoms with Gasteiger partial charge in [-0.25, -0.2) is 4.98 Å². The van der Waals surface area contributed by atoms with E-state index in [4.69, 9.17) is 18.0 Å². The third-order valence-corrected chi connectivity index (χ3v) is 2.61. The fourth-order valence-electron chi connectivity index (χ4n) is 1.81. The number of hydrogen-bond donors (Lipinski definition) is 2. The van der Waals surface area contributed by atoms with Crippen molar-refractivity contribution in [1.29, 1.82) is 0 Å². The molecule has 0 unspecified atom stereocenters. The van der Waals surface area contributed by atoms with Crippen LogP contribution in [0.15, 0.2) is 0 Å². The van der Waals surface area contributed by atoms with Crippen molar-refractivity contribution < 1.29 is 0 Å². The Balaban J connectivity index is 2.33. The zero-order valence-electron chi connectivity index (χ0n) is 7.29. The lowest BCUT2D eigenvalue weighted by atomic mass is 10.1. The topological polar surface area (TPSA) is 67.6 Å². The van der Waals surface area contributed by atoms with Crippen LogP contribution in [0.3, 0.4) is 0 Å². The number of rotatable bonds is 1. The summed E-state index contributed by atoms with van der Waals surface area (Å²) in [6.07, 6.45) is 4.91. The number of nitrogens with two attached hydrogens (primary N) is 1. The van der Waals surface area contributed by atoms with E-state index < -0.39 is 0 Å². The predicted molar refractivity (Wildman–Crippen MR) is 52.8 cm³/mol. The number of hydrogen-bond acceptors (Lipinski definition) is 4. The minimum absolute atomic E-state index is 0.346.